The monoisotopic (exact) mass is 161 g/mol. The Morgan fingerprint density at radius 2 is 2.10 bits per heavy atom. The van der Waals surface area contributed by atoms with Gasteiger partial charge in [0.15, 0.2) is 5.12 Å². The van der Waals surface area contributed by atoms with Crippen LogP contribution in [0, 0.1) is 5.92 Å². The normalized spacial score (nSPS) is 12.6. The predicted molar refractivity (Wildman–Crippen MR) is 37.3 cm³/mol. The van der Waals surface area contributed by atoms with Gasteiger partial charge < -0.3 is 9.90 Å². The smallest absolute Gasteiger partial charge is 0.185 e. The summed E-state index contributed by atoms with van der Waals surface area (Å²) in [5.74, 6) is -1.35. The summed E-state index contributed by atoms with van der Waals surface area (Å²) in [7, 11) is 0. The number of carboxylic acids is 1. The van der Waals surface area contributed by atoms with E-state index in [0.717, 1.165) is 11.8 Å². The van der Waals surface area contributed by atoms with Crippen LogP contribution in [0.25, 0.3) is 0 Å². The summed E-state index contributed by atoms with van der Waals surface area (Å²) < 4.78 is 0. The molecule has 4 heteroatoms. The number of hydrogen-bond donors (Lipinski definition) is 0. The topological polar surface area (TPSA) is 57.2 Å². The van der Waals surface area contributed by atoms with Crippen LogP contribution in [-0.4, -0.2) is 16.8 Å². The lowest BCUT2D eigenvalue weighted by Gasteiger charge is -2.09. The van der Waals surface area contributed by atoms with Gasteiger partial charge >= 0.3 is 0 Å². The van der Waals surface area contributed by atoms with Gasteiger partial charge in [-0.05, 0) is 0 Å². The summed E-state index contributed by atoms with van der Waals surface area (Å²) in [5.41, 5.74) is 0. The van der Waals surface area contributed by atoms with Gasteiger partial charge in [0.1, 0.15) is 0 Å². The third-order valence-corrected chi connectivity index (χ3v) is 2.01. The van der Waals surface area contributed by atoms with Crippen LogP contribution in [0.4, 0.5) is 0 Å². The van der Waals surface area contributed by atoms with Crippen molar-refractivity contribution in [3.05, 3.63) is 0 Å². The van der Waals surface area contributed by atoms with Crippen LogP contribution in [-0.2, 0) is 9.59 Å². The van der Waals surface area contributed by atoms with E-state index in [0.29, 0.717) is 5.75 Å². The van der Waals surface area contributed by atoms with Crippen molar-refractivity contribution in [2.45, 2.75) is 13.8 Å². The summed E-state index contributed by atoms with van der Waals surface area (Å²) in [6, 6.07) is 0. The molecule has 0 saturated carbocycles. The fraction of sp³-hybridized carbons (Fsp3) is 0.667. The second-order valence-electron chi connectivity index (χ2n) is 2.02. The van der Waals surface area contributed by atoms with Gasteiger partial charge in [-0.25, -0.2) is 0 Å². The van der Waals surface area contributed by atoms with Gasteiger partial charge in [0.2, 0.25) is 0 Å². The van der Waals surface area contributed by atoms with Gasteiger partial charge in [0, 0.05) is 24.6 Å². The first-order valence-corrected chi connectivity index (χ1v) is 3.87. The second-order valence-corrected chi connectivity index (χ2v) is 3.22. The third kappa shape index (κ3) is 4.38. The van der Waals surface area contributed by atoms with Crippen LogP contribution in [0.1, 0.15) is 13.8 Å². The van der Waals surface area contributed by atoms with Gasteiger partial charge in [-0.2, -0.15) is 0 Å². The van der Waals surface area contributed by atoms with Gasteiger partial charge in [0.25, 0.3) is 0 Å². The van der Waals surface area contributed by atoms with Crippen molar-refractivity contribution in [2.24, 2.45) is 5.92 Å². The average molecular weight is 161 g/mol. The van der Waals surface area contributed by atoms with E-state index in [-0.39, 0.29) is 5.12 Å². The quantitative estimate of drug-likeness (QED) is 0.567. The molecule has 0 spiro atoms. The van der Waals surface area contributed by atoms with Crippen molar-refractivity contribution in [1.29, 1.82) is 0 Å². The van der Waals surface area contributed by atoms with Crippen molar-refractivity contribution in [2.75, 3.05) is 5.75 Å². The van der Waals surface area contributed by atoms with E-state index < -0.39 is 11.9 Å². The van der Waals surface area contributed by atoms with E-state index in [1.807, 2.05) is 0 Å². The standard InChI is InChI=1S/C6H10O3S/c1-4(6(8)9)3-10-5(2)7/h4H,3H2,1-2H3,(H,8,9)/p-1. The first kappa shape index (κ1) is 9.49. The molecule has 10 heavy (non-hydrogen) atoms. The number of carbonyl (C=O) groups is 2. The van der Waals surface area contributed by atoms with Crippen LogP contribution in [0.3, 0.4) is 0 Å². The first-order valence-electron chi connectivity index (χ1n) is 2.88. The van der Waals surface area contributed by atoms with Gasteiger partial charge in [-0.3, -0.25) is 4.79 Å². The molecule has 0 N–H and O–H groups in total. The Morgan fingerprint density at radius 3 is 2.40 bits per heavy atom. The number of hydrogen-bond acceptors (Lipinski definition) is 4. The number of rotatable bonds is 3. The molecule has 0 aromatic carbocycles. The highest BCUT2D eigenvalue weighted by molar-refractivity contribution is 8.13. The predicted octanol–water partition coefficient (Wildman–Crippen LogP) is -0.348. The van der Waals surface area contributed by atoms with Crippen LogP contribution < -0.4 is 5.11 Å². The maximum absolute atomic E-state index is 10.3. The first-order chi connectivity index (χ1) is 4.54. The Labute approximate surface area is 63.8 Å². The molecule has 0 bridgehead atoms. The molecule has 0 radical (unpaired) electrons. The van der Waals surface area contributed by atoms with E-state index in [4.69, 9.17) is 0 Å². The maximum atomic E-state index is 10.3. The molecular formula is C6H9O3S-. The zero-order chi connectivity index (χ0) is 8.15. The highest BCUT2D eigenvalue weighted by atomic mass is 32.2. The summed E-state index contributed by atoms with van der Waals surface area (Å²) in [6.45, 7) is 2.93. The van der Waals surface area contributed by atoms with Crippen LogP contribution >= 0.6 is 11.8 Å². The summed E-state index contributed by atoms with van der Waals surface area (Å²) in [6.07, 6.45) is 0. The third-order valence-electron chi connectivity index (χ3n) is 0.939. The number of thioether (sulfide) groups is 1. The van der Waals surface area contributed by atoms with Crippen LogP contribution in [0.5, 0.6) is 0 Å². The average Bonchev–Trinajstić information content (AvgIpc) is 1.82. The van der Waals surface area contributed by atoms with Crippen LogP contribution in [0.2, 0.25) is 0 Å². The molecular weight excluding hydrogens is 152 g/mol. The fourth-order valence-corrected chi connectivity index (χ4v) is 0.931. The minimum atomic E-state index is -1.10. The molecule has 1 unspecified atom stereocenters. The summed E-state index contributed by atoms with van der Waals surface area (Å²) in [5, 5.41) is 10.0. The Balaban J connectivity index is 3.49. The highest BCUT2D eigenvalue weighted by Gasteiger charge is 2.03. The Bertz CT molecular complexity index is 144. The van der Waals surface area contributed by atoms with Crippen molar-refractivity contribution in [3.8, 4) is 0 Å². The molecule has 1 atom stereocenters. The van der Waals surface area contributed by atoms with Crippen LogP contribution in [0.15, 0.2) is 0 Å². The van der Waals surface area contributed by atoms with E-state index >= 15 is 0 Å². The van der Waals surface area contributed by atoms with E-state index in [1.165, 1.54) is 13.8 Å². The number of carboxylic acid groups (broad SMARTS) is 1. The minimum Gasteiger partial charge on any atom is -0.550 e. The van der Waals surface area contributed by atoms with E-state index in [1.54, 1.807) is 0 Å². The largest absolute Gasteiger partial charge is 0.550 e. The molecule has 0 aromatic heterocycles. The van der Waals surface area contributed by atoms with Crippen molar-refractivity contribution in [3.63, 3.8) is 0 Å². The number of aliphatic carboxylic acids is 1. The van der Waals surface area contributed by atoms with Gasteiger partial charge in [0.05, 0.1) is 0 Å². The molecule has 3 nitrogen and oxygen atoms in total. The zero-order valence-electron chi connectivity index (χ0n) is 5.92. The van der Waals surface area contributed by atoms with Crippen molar-refractivity contribution < 1.29 is 14.7 Å². The molecule has 0 aromatic rings. The molecule has 0 rings (SSSR count). The molecule has 0 aliphatic carbocycles. The van der Waals surface area contributed by atoms with E-state index in [2.05, 4.69) is 0 Å². The molecule has 0 fully saturated rings. The maximum Gasteiger partial charge on any atom is 0.185 e. The highest BCUT2D eigenvalue weighted by Crippen LogP contribution is 2.07. The van der Waals surface area contributed by atoms with Crippen molar-refractivity contribution >= 4 is 22.8 Å². The van der Waals surface area contributed by atoms with E-state index in [9.17, 15) is 14.7 Å². The molecule has 0 heterocycles. The molecule has 58 valence electrons. The molecule has 0 saturated heterocycles. The van der Waals surface area contributed by atoms with Gasteiger partial charge in [-0.15, -0.1) is 0 Å². The Morgan fingerprint density at radius 1 is 1.60 bits per heavy atom. The second kappa shape index (κ2) is 4.33. The molecule has 0 aliphatic heterocycles. The Kier molecular flexibility index (Phi) is 4.11. The lowest BCUT2D eigenvalue weighted by atomic mass is 10.2. The Hall–Kier alpha value is -0.510. The molecule has 0 amide bonds. The lowest BCUT2D eigenvalue weighted by molar-refractivity contribution is -0.310. The zero-order valence-corrected chi connectivity index (χ0v) is 6.73. The molecule has 0 aliphatic rings. The number of carbonyl (C=O) groups excluding carboxylic acids is 2. The van der Waals surface area contributed by atoms with Gasteiger partial charge in [-0.1, -0.05) is 18.7 Å². The SMILES string of the molecule is CC(=O)SCC(C)C(=O)[O-]. The minimum absolute atomic E-state index is 0.0619. The summed E-state index contributed by atoms with van der Waals surface area (Å²) in [4.78, 5) is 20.4. The summed E-state index contributed by atoms with van der Waals surface area (Å²) >= 11 is 1.01. The lowest BCUT2D eigenvalue weighted by Crippen LogP contribution is -2.30. The van der Waals surface area contributed by atoms with Crippen molar-refractivity contribution in [1.82, 2.24) is 0 Å². The fourth-order valence-electron chi connectivity index (χ4n) is 0.310.